The lowest BCUT2D eigenvalue weighted by Gasteiger charge is -2.31. The number of hydrogen-bond acceptors (Lipinski definition) is 20. The SMILES string of the molecule is COCC1OC(N2C=CC(N)NC2=O)C(O)[C@H]1O.COCC1OC(n2ccc(=O)[nH]c2=O)C(O)[C@H]1O.COCC1OC(n2cnc3c(=O)[nH]c(N)nc32)C(O)[C@H]1O. The van der Waals surface area contributed by atoms with Gasteiger partial charge in [-0.15, -0.1) is 0 Å². The summed E-state index contributed by atoms with van der Waals surface area (Å²) < 4.78 is 33.3. The Balaban J connectivity index is 0.000000164. The molecule has 13 N–H and O–H groups in total. The predicted molar refractivity (Wildman–Crippen MR) is 190 cm³/mol. The number of carbonyl (C=O) groups excluding carboxylic acids is 1. The minimum Gasteiger partial charge on any atom is -0.387 e. The highest BCUT2D eigenvalue weighted by atomic mass is 16.6. The van der Waals surface area contributed by atoms with E-state index in [1.807, 2.05) is 4.98 Å². The van der Waals surface area contributed by atoms with Gasteiger partial charge >= 0.3 is 11.7 Å². The van der Waals surface area contributed by atoms with Crippen LogP contribution in [0.25, 0.3) is 11.2 Å². The van der Waals surface area contributed by atoms with Gasteiger partial charge in [-0.3, -0.25) is 33.6 Å². The summed E-state index contributed by atoms with van der Waals surface area (Å²) in [5.41, 5.74) is 9.52. The molecule has 4 aliphatic heterocycles. The number of carbonyl (C=O) groups is 1. The molecule has 13 atom stereocenters. The molecule has 26 heteroatoms. The molecule has 3 saturated heterocycles. The van der Waals surface area contributed by atoms with Gasteiger partial charge in [0.1, 0.15) is 54.9 Å². The smallest absolute Gasteiger partial charge is 0.330 e. The zero-order valence-corrected chi connectivity index (χ0v) is 30.7. The Bertz CT molecular complexity index is 2020. The standard InChI is InChI=1S/C11H15N5O5.C10H17N3O5.C10H14N2O6/c1-20-2-4-6(17)7(18)10(21-4)16-3-13-5-8(16)14-11(12)15-9(5)19;1-17-4-5-7(14)8(15)9(18-5)13-3-2-6(11)12-10(13)16;1-17-4-5-7(14)8(15)9(18-5)12-3-2-6(13)11-10(12)16/h3-4,6-7,10,17-18H,2H2,1H3,(H3,12,14,15,19);2-3,5-9,14-15H,4,11H2,1H3,(H,12,16);2-3,5,7-9,14-15H,4H2,1H3,(H,11,13,16)/t4?,6-,7?,10?;5?,6?,7-,8?,9?;5?,7-,8?,9?/m000/s1. The summed E-state index contributed by atoms with van der Waals surface area (Å²) in [5.74, 6) is -0.0734. The van der Waals surface area contributed by atoms with Gasteiger partial charge in [0.25, 0.3) is 11.1 Å². The number of methoxy groups -OCH3 is 3. The van der Waals surface area contributed by atoms with E-state index >= 15 is 0 Å². The van der Waals surface area contributed by atoms with Crippen molar-refractivity contribution in [1.82, 2.24) is 39.3 Å². The zero-order chi connectivity index (χ0) is 41.7. The highest BCUT2D eigenvalue weighted by Gasteiger charge is 2.48. The van der Waals surface area contributed by atoms with Crippen molar-refractivity contribution < 1.29 is 63.9 Å². The van der Waals surface area contributed by atoms with Crippen LogP contribution in [0.5, 0.6) is 0 Å². The van der Waals surface area contributed by atoms with Gasteiger partial charge in [0.15, 0.2) is 29.8 Å². The molecule has 0 bridgehead atoms. The molecule has 316 valence electrons. The van der Waals surface area contributed by atoms with E-state index in [9.17, 15) is 49.8 Å². The van der Waals surface area contributed by atoms with Gasteiger partial charge in [-0.05, 0) is 6.08 Å². The molecule has 0 aliphatic carbocycles. The number of imidazole rings is 1. The van der Waals surface area contributed by atoms with Crippen LogP contribution in [0, 0.1) is 0 Å². The fraction of sp³-hybridized carbons (Fsp3) is 0.613. The molecule has 10 unspecified atom stereocenters. The van der Waals surface area contributed by atoms with Crippen molar-refractivity contribution in [2.45, 2.75) is 79.8 Å². The Kier molecular flexibility index (Phi) is 14.3. The number of nitrogen functional groups attached to an aromatic ring is 1. The van der Waals surface area contributed by atoms with Crippen molar-refractivity contribution in [2.75, 3.05) is 46.9 Å². The van der Waals surface area contributed by atoms with Gasteiger partial charge in [-0.2, -0.15) is 4.98 Å². The third-order valence-electron chi connectivity index (χ3n) is 9.11. The minimum absolute atomic E-state index is 0.0734. The van der Waals surface area contributed by atoms with E-state index in [-0.39, 0.29) is 36.9 Å². The Hall–Kier alpha value is -4.68. The number of nitrogens with zero attached hydrogens (tertiary/aromatic N) is 5. The Labute approximate surface area is 320 Å². The van der Waals surface area contributed by atoms with Gasteiger partial charge in [0.05, 0.1) is 32.3 Å². The number of nitrogens with one attached hydrogen (secondary N) is 3. The molecular formula is C31H46N10O16. The van der Waals surface area contributed by atoms with Crippen LogP contribution in [0.1, 0.15) is 12.5 Å². The monoisotopic (exact) mass is 814 g/mol. The van der Waals surface area contributed by atoms with Crippen LogP contribution in [0.15, 0.2) is 45.3 Å². The largest absolute Gasteiger partial charge is 0.387 e. The van der Waals surface area contributed by atoms with E-state index in [2.05, 4.69) is 20.3 Å². The number of rotatable bonds is 9. The first kappa shape index (κ1) is 43.4. The maximum absolute atomic E-state index is 11.7. The highest BCUT2D eigenvalue weighted by molar-refractivity contribution is 5.77. The molecule has 26 nitrogen and oxygen atoms in total. The first-order valence-electron chi connectivity index (χ1n) is 17.2. The van der Waals surface area contributed by atoms with E-state index in [1.54, 1.807) is 6.08 Å². The van der Waals surface area contributed by atoms with Crippen molar-refractivity contribution in [3.63, 3.8) is 0 Å². The molecule has 4 aliphatic rings. The van der Waals surface area contributed by atoms with Crippen LogP contribution in [-0.2, 0) is 28.4 Å². The maximum Gasteiger partial charge on any atom is 0.330 e. The number of fused-ring (bicyclic) bond motifs is 1. The quantitative estimate of drug-likeness (QED) is 0.0957. The molecular weight excluding hydrogens is 768 g/mol. The third kappa shape index (κ3) is 9.39. The van der Waals surface area contributed by atoms with Gasteiger partial charge in [0, 0.05) is 39.8 Å². The molecule has 3 fully saturated rings. The van der Waals surface area contributed by atoms with Crippen LogP contribution in [-0.4, -0.2) is 179 Å². The summed E-state index contributed by atoms with van der Waals surface area (Å²) in [6, 6.07) is 0.646. The zero-order valence-electron chi connectivity index (χ0n) is 30.7. The number of hydrogen-bond donors (Lipinski definition) is 11. The second-order valence-corrected chi connectivity index (χ2v) is 13.0. The van der Waals surface area contributed by atoms with Crippen molar-refractivity contribution in [1.29, 1.82) is 0 Å². The fourth-order valence-electron chi connectivity index (χ4n) is 6.26. The number of H-pyrrole nitrogens is 2. The molecule has 0 saturated carbocycles. The van der Waals surface area contributed by atoms with Gasteiger partial charge < -0.3 is 75.8 Å². The lowest BCUT2D eigenvalue weighted by atomic mass is 10.1. The first-order valence-corrected chi connectivity index (χ1v) is 17.2. The number of urea groups is 1. The van der Waals surface area contributed by atoms with Gasteiger partial charge in [0.2, 0.25) is 5.95 Å². The van der Waals surface area contributed by atoms with Gasteiger partial charge in [-0.25, -0.2) is 14.6 Å². The lowest BCUT2D eigenvalue weighted by Crippen LogP contribution is -2.55. The second kappa shape index (κ2) is 18.7. The first-order chi connectivity index (χ1) is 27.1. The van der Waals surface area contributed by atoms with Crippen molar-refractivity contribution >= 4 is 23.1 Å². The number of aliphatic hydroxyl groups excluding tert-OH is 6. The van der Waals surface area contributed by atoms with Crippen LogP contribution in [0.4, 0.5) is 10.7 Å². The average Bonchev–Trinajstić information content (AvgIpc) is 3.87. The lowest BCUT2D eigenvalue weighted by molar-refractivity contribution is -0.0710. The van der Waals surface area contributed by atoms with Crippen molar-refractivity contribution in [3.8, 4) is 0 Å². The highest BCUT2D eigenvalue weighted by Crippen LogP contribution is 2.31. The minimum atomic E-state index is -1.27. The van der Waals surface area contributed by atoms with Crippen LogP contribution in [0.2, 0.25) is 0 Å². The summed E-state index contributed by atoms with van der Waals surface area (Å²) in [7, 11) is 4.36. The number of anilines is 1. The molecule has 0 radical (unpaired) electrons. The summed E-state index contributed by atoms with van der Waals surface area (Å²) in [6.45, 7) is 0.345. The average molecular weight is 815 g/mol. The maximum atomic E-state index is 11.7. The molecule has 3 aromatic heterocycles. The Morgan fingerprint density at radius 3 is 1.77 bits per heavy atom. The molecule has 7 rings (SSSR count). The van der Waals surface area contributed by atoms with Gasteiger partial charge in [-0.1, -0.05) is 0 Å². The molecule has 57 heavy (non-hydrogen) atoms. The summed E-state index contributed by atoms with van der Waals surface area (Å²) in [5, 5.41) is 61.7. The summed E-state index contributed by atoms with van der Waals surface area (Å²) in [6.07, 6.45) is -7.15. The number of aromatic amines is 2. The fourth-order valence-corrected chi connectivity index (χ4v) is 6.26. The van der Waals surface area contributed by atoms with Crippen molar-refractivity contribution in [2.24, 2.45) is 5.73 Å². The number of nitrogens with two attached hydrogens (primary N) is 2. The summed E-state index contributed by atoms with van der Waals surface area (Å²) in [4.78, 5) is 59.3. The normalized spacial score (nSPS) is 33.5. The van der Waals surface area contributed by atoms with Crippen LogP contribution in [0.3, 0.4) is 0 Å². The van der Waals surface area contributed by atoms with E-state index in [4.69, 9.17) is 39.9 Å². The Morgan fingerprint density at radius 1 is 0.754 bits per heavy atom. The topological polar surface area (TPSA) is 380 Å². The molecule has 0 spiro atoms. The van der Waals surface area contributed by atoms with E-state index in [0.29, 0.717) is 0 Å². The molecule has 7 heterocycles. The number of aliphatic hydroxyl groups is 6. The van der Waals surface area contributed by atoms with Crippen LogP contribution >= 0.6 is 0 Å². The van der Waals surface area contributed by atoms with E-state index < -0.39 is 103 Å². The molecule has 3 aromatic rings. The van der Waals surface area contributed by atoms with E-state index in [1.165, 1.54) is 44.6 Å². The number of amides is 2. The summed E-state index contributed by atoms with van der Waals surface area (Å²) >= 11 is 0. The van der Waals surface area contributed by atoms with E-state index in [0.717, 1.165) is 15.5 Å². The molecule has 2 amide bonds. The second-order valence-electron chi connectivity index (χ2n) is 13.0. The van der Waals surface area contributed by atoms with Crippen molar-refractivity contribution in [3.05, 3.63) is 62.1 Å². The number of ether oxygens (including phenoxy) is 6. The predicted octanol–water partition coefficient (Wildman–Crippen LogP) is -6.33. The van der Waals surface area contributed by atoms with Crippen LogP contribution < -0.4 is 33.6 Å². The molecule has 0 aromatic carbocycles. The third-order valence-corrected chi connectivity index (χ3v) is 9.11. The number of aromatic nitrogens is 6. The Morgan fingerprint density at radius 2 is 1.26 bits per heavy atom.